The molecule has 1 heterocycles. The first-order valence-electron chi connectivity index (χ1n) is 6.03. The molecule has 0 aliphatic heterocycles. The van der Waals surface area contributed by atoms with Crippen LogP contribution in [0.2, 0.25) is 5.02 Å². The zero-order valence-corrected chi connectivity index (χ0v) is 10.5. The number of Topliss-reactive ketones (excluding diaryl/α,β-unsaturated/α-hetero) is 1. The SMILES string of the molecule is NC1CCC(C(=O)Cc2ccncc2Cl)CC1. The Kier molecular flexibility index (Phi) is 4.13. The van der Waals surface area contributed by atoms with E-state index in [1.54, 1.807) is 12.4 Å². The van der Waals surface area contributed by atoms with Crippen molar-refractivity contribution in [2.24, 2.45) is 11.7 Å². The fraction of sp³-hybridized carbons (Fsp3) is 0.538. The third-order valence-electron chi connectivity index (χ3n) is 3.45. The number of halogens is 1. The normalized spacial score (nSPS) is 24.6. The zero-order valence-electron chi connectivity index (χ0n) is 9.73. The second kappa shape index (κ2) is 5.61. The number of nitrogens with zero attached hydrogens (tertiary/aromatic N) is 1. The van der Waals surface area contributed by atoms with Gasteiger partial charge in [-0.05, 0) is 37.3 Å². The molecule has 0 unspecified atom stereocenters. The van der Waals surface area contributed by atoms with Crippen molar-refractivity contribution in [2.75, 3.05) is 0 Å². The van der Waals surface area contributed by atoms with E-state index in [4.69, 9.17) is 17.3 Å². The molecule has 0 spiro atoms. The molecular formula is C13H17ClN2O. The Morgan fingerprint density at radius 3 is 2.76 bits per heavy atom. The Morgan fingerprint density at radius 1 is 1.41 bits per heavy atom. The summed E-state index contributed by atoms with van der Waals surface area (Å²) >= 11 is 6.00. The number of hydrogen-bond donors (Lipinski definition) is 1. The van der Waals surface area contributed by atoms with Crippen molar-refractivity contribution in [3.05, 3.63) is 29.0 Å². The predicted molar refractivity (Wildman–Crippen MR) is 67.9 cm³/mol. The lowest BCUT2D eigenvalue weighted by Gasteiger charge is -2.25. The summed E-state index contributed by atoms with van der Waals surface area (Å²) in [5, 5.41) is 0.577. The Hall–Kier alpha value is -0.930. The Labute approximate surface area is 106 Å². The molecule has 0 atom stereocenters. The summed E-state index contributed by atoms with van der Waals surface area (Å²) in [7, 11) is 0. The molecule has 1 aliphatic rings. The van der Waals surface area contributed by atoms with E-state index in [1.165, 1.54) is 0 Å². The fourth-order valence-corrected chi connectivity index (χ4v) is 2.51. The van der Waals surface area contributed by atoms with Gasteiger partial charge in [0.2, 0.25) is 0 Å². The first kappa shape index (κ1) is 12.5. The summed E-state index contributed by atoms with van der Waals surface area (Å²) in [5.41, 5.74) is 6.71. The standard InChI is InChI=1S/C13H17ClN2O/c14-12-8-16-6-5-10(12)7-13(17)9-1-3-11(15)4-2-9/h5-6,8-9,11H,1-4,7,15H2. The topological polar surface area (TPSA) is 56.0 Å². The van der Waals surface area contributed by atoms with Gasteiger partial charge in [0, 0.05) is 30.8 Å². The molecule has 92 valence electrons. The third kappa shape index (κ3) is 3.27. The van der Waals surface area contributed by atoms with E-state index in [-0.39, 0.29) is 17.7 Å². The van der Waals surface area contributed by atoms with Crippen molar-refractivity contribution in [2.45, 2.75) is 38.1 Å². The molecule has 0 amide bonds. The summed E-state index contributed by atoms with van der Waals surface area (Å²) in [6.45, 7) is 0. The number of carbonyl (C=O) groups excluding carboxylic acids is 1. The van der Waals surface area contributed by atoms with Gasteiger partial charge in [-0.2, -0.15) is 0 Å². The predicted octanol–water partition coefficient (Wildman–Crippen LogP) is 2.36. The van der Waals surface area contributed by atoms with E-state index in [0.29, 0.717) is 11.4 Å². The minimum absolute atomic E-state index is 0.166. The first-order chi connectivity index (χ1) is 8.16. The fourth-order valence-electron chi connectivity index (χ4n) is 2.32. The highest BCUT2D eigenvalue weighted by Crippen LogP contribution is 2.26. The monoisotopic (exact) mass is 252 g/mol. The number of nitrogens with two attached hydrogens (primary N) is 1. The highest BCUT2D eigenvalue weighted by Gasteiger charge is 2.24. The van der Waals surface area contributed by atoms with Gasteiger partial charge in [0.1, 0.15) is 5.78 Å². The minimum atomic E-state index is 0.166. The maximum absolute atomic E-state index is 12.1. The van der Waals surface area contributed by atoms with Gasteiger partial charge in [-0.15, -0.1) is 0 Å². The van der Waals surface area contributed by atoms with Crippen molar-refractivity contribution in [3.8, 4) is 0 Å². The second-order valence-electron chi connectivity index (χ2n) is 4.72. The van der Waals surface area contributed by atoms with Crippen LogP contribution in [-0.4, -0.2) is 16.8 Å². The summed E-state index contributed by atoms with van der Waals surface area (Å²) in [5.74, 6) is 0.448. The van der Waals surface area contributed by atoms with Gasteiger partial charge in [0.15, 0.2) is 0 Å². The molecule has 3 nitrogen and oxygen atoms in total. The lowest BCUT2D eigenvalue weighted by atomic mass is 9.82. The van der Waals surface area contributed by atoms with E-state index < -0.39 is 0 Å². The summed E-state index contributed by atoms with van der Waals surface area (Å²) in [6.07, 6.45) is 7.43. The van der Waals surface area contributed by atoms with Gasteiger partial charge in [-0.1, -0.05) is 11.6 Å². The van der Waals surface area contributed by atoms with Crippen LogP contribution >= 0.6 is 11.6 Å². The van der Waals surface area contributed by atoms with Gasteiger partial charge in [0.05, 0.1) is 5.02 Å². The van der Waals surface area contributed by atoms with Crippen molar-refractivity contribution < 1.29 is 4.79 Å². The van der Waals surface area contributed by atoms with Gasteiger partial charge in [-0.25, -0.2) is 0 Å². The smallest absolute Gasteiger partial charge is 0.140 e. The number of carbonyl (C=O) groups is 1. The summed E-state index contributed by atoms with van der Waals surface area (Å²) in [6, 6.07) is 2.10. The molecule has 1 aromatic rings. The molecule has 0 radical (unpaired) electrons. The van der Waals surface area contributed by atoms with Crippen LogP contribution < -0.4 is 5.73 Å². The van der Waals surface area contributed by atoms with Crippen LogP contribution in [0.1, 0.15) is 31.2 Å². The molecule has 2 N–H and O–H groups in total. The van der Waals surface area contributed by atoms with Gasteiger partial charge < -0.3 is 5.73 Å². The average molecular weight is 253 g/mol. The largest absolute Gasteiger partial charge is 0.328 e. The van der Waals surface area contributed by atoms with Crippen LogP contribution in [0.5, 0.6) is 0 Å². The average Bonchev–Trinajstić information content (AvgIpc) is 2.33. The number of ketones is 1. The number of hydrogen-bond acceptors (Lipinski definition) is 3. The molecule has 4 heteroatoms. The zero-order chi connectivity index (χ0) is 12.3. The molecule has 0 aromatic carbocycles. The highest BCUT2D eigenvalue weighted by atomic mass is 35.5. The van der Waals surface area contributed by atoms with E-state index in [2.05, 4.69) is 4.98 Å². The maximum atomic E-state index is 12.1. The highest BCUT2D eigenvalue weighted by molar-refractivity contribution is 6.31. The Balaban J connectivity index is 1.95. The molecule has 1 fully saturated rings. The molecule has 1 saturated carbocycles. The second-order valence-corrected chi connectivity index (χ2v) is 5.13. The van der Waals surface area contributed by atoms with E-state index in [0.717, 1.165) is 31.2 Å². The van der Waals surface area contributed by atoms with Crippen molar-refractivity contribution >= 4 is 17.4 Å². The summed E-state index contributed by atoms with van der Waals surface area (Å²) in [4.78, 5) is 16.0. The number of pyridine rings is 1. The van der Waals surface area contributed by atoms with Gasteiger partial charge in [-0.3, -0.25) is 9.78 Å². The van der Waals surface area contributed by atoms with E-state index >= 15 is 0 Å². The third-order valence-corrected chi connectivity index (χ3v) is 3.79. The molecule has 1 aromatic heterocycles. The van der Waals surface area contributed by atoms with Crippen LogP contribution in [0.4, 0.5) is 0 Å². The van der Waals surface area contributed by atoms with Crippen LogP contribution in [0, 0.1) is 5.92 Å². The van der Waals surface area contributed by atoms with Crippen molar-refractivity contribution in [3.63, 3.8) is 0 Å². The molecular weight excluding hydrogens is 236 g/mol. The van der Waals surface area contributed by atoms with Gasteiger partial charge >= 0.3 is 0 Å². The van der Waals surface area contributed by atoms with Crippen LogP contribution in [-0.2, 0) is 11.2 Å². The number of aromatic nitrogens is 1. The van der Waals surface area contributed by atoms with Crippen LogP contribution in [0.15, 0.2) is 18.5 Å². The Morgan fingerprint density at radius 2 is 2.12 bits per heavy atom. The molecule has 1 aliphatic carbocycles. The van der Waals surface area contributed by atoms with Gasteiger partial charge in [0.25, 0.3) is 0 Å². The first-order valence-corrected chi connectivity index (χ1v) is 6.41. The molecule has 2 rings (SSSR count). The van der Waals surface area contributed by atoms with E-state index in [1.807, 2.05) is 6.07 Å². The molecule has 17 heavy (non-hydrogen) atoms. The molecule has 0 saturated heterocycles. The quantitative estimate of drug-likeness (QED) is 0.899. The minimum Gasteiger partial charge on any atom is -0.328 e. The molecule has 0 bridgehead atoms. The lowest BCUT2D eigenvalue weighted by Crippen LogP contribution is -2.30. The Bertz CT molecular complexity index is 400. The van der Waals surface area contributed by atoms with Crippen molar-refractivity contribution in [1.29, 1.82) is 0 Å². The lowest BCUT2D eigenvalue weighted by molar-refractivity contribution is -0.123. The summed E-state index contributed by atoms with van der Waals surface area (Å²) < 4.78 is 0. The van der Waals surface area contributed by atoms with Crippen LogP contribution in [0.25, 0.3) is 0 Å². The number of rotatable bonds is 3. The van der Waals surface area contributed by atoms with Crippen LogP contribution in [0.3, 0.4) is 0 Å². The maximum Gasteiger partial charge on any atom is 0.140 e. The van der Waals surface area contributed by atoms with E-state index in [9.17, 15) is 4.79 Å². The van der Waals surface area contributed by atoms with Crippen molar-refractivity contribution in [1.82, 2.24) is 4.98 Å².